The highest BCUT2D eigenvalue weighted by atomic mass is 15.2. The van der Waals surface area contributed by atoms with Crippen LogP contribution in [0.25, 0.3) is 0 Å². The summed E-state index contributed by atoms with van der Waals surface area (Å²) in [6.07, 6.45) is 55.9. The van der Waals surface area contributed by atoms with E-state index in [2.05, 4.69) is 127 Å². The molecule has 9 aliphatic rings. The Morgan fingerprint density at radius 1 is 0.592 bits per heavy atom. The van der Waals surface area contributed by atoms with Crippen LogP contribution in [-0.4, -0.2) is 21.9 Å². The van der Waals surface area contributed by atoms with E-state index in [9.17, 15) is 0 Å². The second-order valence-electron chi connectivity index (χ2n) is 15.9. The van der Waals surface area contributed by atoms with Crippen LogP contribution < -0.4 is 0 Å². The van der Waals surface area contributed by atoms with E-state index in [0.717, 1.165) is 57.8 Å². The molecule has 9 rings (SSSR count). The maximum atomic E-state index is 2.78. The Morgan fingerprint density at radius 2 is 1.20 bits per heavy atom. The molecule has 250 valence electrons. The van der Waals surface area contributed by atoms with Gasteiger partial charge in [0.25, 0.3) is 0 Å². The zero-order chi connectivity index (χ0) is 33.0. The Bertz CT molecular complexity index is 1870. The van der Waals surface area contributed by atoms with Gasteiger partial charge in [0.15, 0.2) is 0 Å². The molecular weight excluding hydrogens is 593 g/mol. The fourth-order valence-electron chi connectivity index (χ4n) is 10.3. The number of rotatable bonds is 6. The SMILES string of the molecule is CC1(C)C2=C(CCC(N(C3=CCCC4=C3CCC=C4)C3C=CC=CC3)=C2)C2=CC=C(N(C3=CCCC4=C3CCC=C4)C3C=CC=CC3)CC21. The predicted molar refractivity (Wildman–Crippen MR) is 205 cm³/mol. The van der Waals surface area contributed by atoms with E-state index in [4.69, 9.17) is 0 Å². The van der Waals surface area contributed by atoms with Gasteiger partial charge in [0.1, 0.15) is 0 Å². The Morgan fingerprint density at radius 3 is 1.80 bits per heavy atom. The molecule has 0 aliphatic heterocycles. The van der Waals surface area contributed by atoms with Crippen LogP contribution in [0.15, 0.2) is 165 Å². The van der Waals surface area contributed by atoms with Gasteiger partial charge in [-0.05, 0) is 146 Å². The first-order valence-electron chi connectivity index (χ1n) is 19.4. The van der Waals surface area contributed by atoms with E-state index in [0.29, 0.717) is 18.0 Å². The fourth-order valence-corrected chi connectivity index (χ4v) is 10.3. The summed E-state index contributed by atoms with van der Waals surface area (Å²) in [5.41, 5.74) is 17.3. The Balaban J connectivity index is 1.08. The molecule has 0 aromatic carbocycles. The van der Waals surface area contributed by atoms with Gasteiger partial charge in [-0.15, -0.1) is 0 Å². The van der Waals surface area contributed by atoms with Gasteiger partial charge < -0.3 is 9.80 Å². The third kappa shape index (κ3) is 5.38. The summed E-state index contributed by atoms with van der Waals surface area (Å²) in [4.78, 5) is 5.54. The lowest BCUT2D eigenvalue weighted by atomic mass is 9.72. The summed E-state index contributed by atoms with van der Waals surface area (Å²) in [7, 11) is 0. The predicted octanol–water partition coefficient (Wildman–Crippen LogP) is 11.9. The molecule has 0 spiro atoms. The standard InChI is InChI=1S/C47H52N2/c1-47(2)43-31-37(48(35-19-5-3-6-20-35)45-25-13-17-33-15-9-11-23-39(33)45)27-29-41(43)42-30-28-38(32-44(42)47)49(36-21-7-4-8-22-36)46-26-14-18-34-16-10-12-24-40(34)46/h3-10,15-16,19,21,25-27,29,32,35-36,43H,11-14,17-18,20,22-24,28,30-31H2,1-2H3. The van der Waals surface area contributed by atoms with Gasteiger partial charge in [-0.25, -0.2) is 0 Å². The first kappa shape index (κ1) is 31.0. The van der Waals surface area contributed by atoms with Gasteiger partial charge in [0, 0.05) is 22.8 Å². The molecule has 0 amide bonds. The van der Waals surface area contributed by atoms with Crippen LogP contribution in [-0.2, 0) is 0 Å². The summed E-state index contributed by atoms with van der Waals surface area (Å²) in [6.45, 7) is 5.10. The van der Waals surface area contributed by atoms with Gasteiger partial charge in [-0.3, -0.25) is 0 Å². The second kappa shape index (κ2) is 12.7. The van der Waals surface area contributed by atoms with Crippen molar-refractivity contribution in [3.63, 3.8) is 0 Å². The first-order chi connectivity index (χ1) is 24.1. The van der Waals surface area contributed by atoms with Gasteiger partial charge in [-0.1, -0.05) is 105 Å². The van der Waals surface area contributed by atoms with E-state index in [-0.39, 0.29) is 5.41 Å². The average molecular weight is 645 g/mol. The maximum Gasteiger partial charge on any atom is 0.0556 e. The van der Waals surface area contributed by atoms with Gasteiger partial charge >= 0.3 is 0 Å². The van der Waals surface area contributed by atoms with E-state index in [1.54, 1.807) is 39.0 Å². The quantitative estimate of drug-likeness (QED) is 0.284. The molecule has 9 aliphatic carbocycles. The molecule has 0 saturated carbocycles. The van der Waals surface area contributed by atoms with Crippen LogP contribution in [0.3, 0.4) is 0 Å². The summed E-state index contributed by atoms with van der Waals surface area (Å²) in [5, 5.41) is 0. The largest absolute Gasteiger partial charge is 0.338 e. The summed E-state index contributed by atoms with van der Waals surface area (Å²) >= 11 is 0. The molecule has 3 atom stereocenters. The van der Waals surface area contributed by atoms with Crippen molar-refractivity contribution >= 4 is 0 Å². The van der Waals surface area contributed by atoms with Crippen molar-refractivity contribution in [1.29, 1.82) is 0 Å². The lowest BCUT2D eigenvalue weighted by Gasteiger charge is -2.43. The molecule has 0 heterocycles. The maximum absolute atomic E-state index is 2.78. The smallest absolute Gasteiger partial charge is 0.0556 e. The van der Waals surface area contributed by atoms with Crippen molar-refractivity contribution in [2.75, 3.05) is 0 Å². The summed E-state index contributed by atoms with van der Waals surface area (Å²) in [5.74, 6) is 0.500. The molecule has 0 saturated heterocycles. The normalized spacial score (nSPS) is 29.4. The highest BCUT2D eigenvalue weighted by molar-refractivity contribution is 5.59. The lowest BCUT2D eigenvalue weighted by Crippen LogP contribution is -2.37. The van der Waals surface area contributed by atoms with Crippen LogP contribution in [0.5, 0.6) is 0 Å². The highest BCUT2D eigenvalue weighted by Gasteiger charge is 2.47. The first-order valence-corrected chi connectivity index (χ1v) is 19.4. The summed E-state index contributed by atoms with van der Waals surface area (Å²) < 4.78 is 0. The Labute approximate surface area is 294 Å². The van der Waals surface area contributed by atoms with E-state index in [1.807, 2.05) is 0 Å². The van der Waals surface area contributed by atoms with Crippen LogP contribution in [0, 0.1) is 11.3 Å². The third-order valence-corrected chi connectivity index (χ3v) is 12.8. The van der Waals surface area contributed by atoms with Crippen LogP contribution >= 0.6 is 0 Å². The zero-order valence-electron chi connectivity index (χ0n) is 29.6. The second-order valence-corrected chi connectivity index (χ2v) is 15.9. The van der Waals surface area contributed by atoms with Crippen molar-refractivity contribution in [2.45, 2.75) is 109 Å². The topological polar surface area (TPSA) is 6.48 Å². The molecule has 0 bridgehead atoms. The van der Waals surface area contributed by atoms with Gasteiger partial charge in [-0.2, -0.15) is 0 Å². The van der Waals surface area contributed by atoms with Crippen LogP contribution in [0.1, 0.15) is 97.3 Å². The molecule has 0 fully saturated rings. The van der Waals surface area contributed by atoms with Crippen molar-refractivity contribution in [3.8, 4) is 0 Å². The van der Waals surface area contributed by atoms with Crippen molar-refractivity contribution < 1.29 is 0 Å². The molecule has 3 unspecified atom stereocenters. The minimum Gasteiger partial charge on any atom is -0.338 e. The molecule has 0 aromatic rings. The molecule has 0 aromatic heterocycles. The number of hydrogen-bond acceptors (Lipinski definition) is 2. The number of nitrogens with zero attached hydrogens (tertiary/aromatic N) is 2. The van der Waals surface area contributed by atoms with Crippen LogP contribution in [0.4, 0.5) is 0 Å². The van der Waals surface area contributed by atoms with Gasteiger partial charge in [0.05, 0.1) is 12.1 Å². The molecular formula is C47H52N2. The van der Waals surface area contributed by atoms with E-state index in [1.165, 1.54) is 48.5 Å². The van der Waals surface area contributed by atoms with Crippen molar-refractivity contribution in [2.24, 2.45) is 11.3 Å². The Hall–Kier alpha value is -4.04. The fraction of sp³-hybridized carbons (Fsp3) is 0.404. The monoisotopic (exact) mass is 644 g/mol. The average Bonchev–Trinajstić information content (AvgIpc) is 3.38. The number of allylic oxidation sites excluding steroid dienone is 22. The van der Waals surface area contributed by atoms with Gasteiger partial charge in [0.2, 0.25) is 0 Å². The molecule has 2 nitrogen and oxygen atoms in total. The zero-order valence-corrected chi connectivity index (χ0v) is 29.6. The molecule has 49 heavy (non-hydrogen) atoms. The Kier molecular flexibility index (Phi) is 8.02. The minimum absolute atomic E-state index is 0.0756. The third-order valence-electron chi connectivity index (χ3n) is 12.8. The molecule has 0 N–H and O–H groups in total. The van der Waals surface area contributed by atoms with Crippen molar-refractivity contribution in [3.05, 3.63) is 165 Å². The highest BCUT2D eigenvalue weighted by Crippen LogP contribution is 2.58. The number of fused-ring (bicyclic) bond motifs is 2. The lowest BCUT2D eigenvalue weighted by molar-refractivity contribution is 0.280. The van der Waals surface area contributed by atoms with E-state index >= 15 is 0 Å². The number of hydrogen-bond donors (Lipinski definition) is 0. The van der Waals surface area contributed by atoms with E-state index < -0.39 is 0 Å². The molecule has 0 radical (unpaired) electrons. The summed E-state index contributed by atoms with van der Waals surface area (Å²) in [6, 6.07) is 0.753. The minimum atomic E-state index is 0.0756. The van der Waals surface area contributed by atoms with Crippen LogP contribution in [0.2, 0.25) is 0 Å². The molecule has 2 heteroatoms. The van der Waals surface area contributed by atoms with Crippen molar-refractivity contribution in [1.82, 2.24) is 9.80 Å².